The van der Waals surface area contributed by atoms with Gasteiger partial charge in [-0.15, -0.1) is 0 Å². The van der Waals surface area contributed by atoms with Gasteiger partial charge in [-0.1, -0.05) is 110 Å². The number of aromatic nitrogens is 1. The Labute approximate surface area is 235 Å². The molecule has 1 aromatic heterocycles. The van der Waals surface area contributed by atoms with Crippen molar-refractivity contribution in [3.63, 3.8) is 0 Å². The van der Waals surface area contributed by atoms with Gasteiger partial charge < -0.3 is 0 Å². The first-order valence-corrected chi connectivity index (χ1v) is 14.2. The summed E-state index contributed by atoms with van der Waals surface area (Å²) < 4.78 is 0. The summed E-state index contributed by atoms with van der Waals surface area (Å²) in [5.41, 5.74) is 19.6. The average Bonchev–Trinajstić information content (AvgIpc) is 3.38. The van der Waals surface area contributed by atoms with Crippen molar-refractivity contribution in [1.82, 2.24) is 4.98 Å². The molecule has 3 aliphatic carbocycles. The minimum atomic E-state index is 0.367. The molecule has 0 amide bonds. The Balaban J connectivity index is 1.31. The second-order valence-electron chi connectivity index (χ2n) is 11.2. The van der Waals surface area contributed by atoms with Gasteiger partial charge in [-0.3, -0.25) is 4.98 Å². The van der Waals surface area contributed by atoms with E-state index in [4.69, 9.17) is 4.98 Å². The number of rotatable bonds is 3. The van der Waals surface area contributed by atoms with Crippen LogP contribution in [0.1, 0.15) is 57.3 Å². The summed E-state index contributed by atoms with van der Waals surface area (Å²) >= 11 is 0. The molecular weight excluding hydrogens is 482 g/mol. The molecule has 0 bridgehead atoms. The maximum atomic E-state index is 4.80. The molecule has 0 saturated heterocycles. The molecule has 1 unspecified atom stereocenters. The lowest BCUT2D eigenvalue weighted by atomic mass is 9.89. The van der Waals surface area contributed by atoms with E-state index in [1.54, 1.807) is 0 Å². The monoisotopic (exact) mass is 511 g/mol. The summed E-state index contributed by atoms with van der Waals surface area (Å²) in [6.45, 7) is 4.50. The van der Waals surface area contributed by atoms with Crippen molar-refractivity contribution in [2.24, 2.45) is 0 Å². The van der Waals surface area contributed by atoms with E-state index in [0.717, 1.165) is 12.1 Å². The van der Waals surface area contributed by atoms with Gasteiger partial charge in [-0.2, -0.15) is 0 Å². The van der Waals surface area contributed by atoms with E-state index in [0.29, 0.717) is 5.92 Å². The molecule has 0 saturated carbocycles. The zero-order valence-electron chi connectivity index (χ0n) is 22.8. The van der Waals surface area contributed by atoms with Gasteiger partial charge in [0.15, 0.2) is 0 Å². The molecule has 0 spiro atoms. The van der Waals surface area contributed by atoms with Crippen LogP contribution in [-0.4, -0.2) is 4.98 Å². The van der Waals surface area contributed by atoms with E-state index in [9.17, 15) is 0 Å². The molecular formula is C39H29N. The Morgan fingerprint density at radius 2 is 1.57 bits per heavy atom. The smallest absolute Gasteiger partial charge is 0.0743 e. The van der Waals surface area contributed by atoms with Gasteiger partial charge in [0, 0.05) is 17.7 Å². The molecule has 3 aliphatic rings. The summed E-state index contributed by atoms with van der Waals surface area (Å²) in [5, 5.41) is 0. The standard InChI is InChI=1S/C39H29N/c1-24-9-3-4-11-29(24)36(27-17-19-30-25(2)31-15-8-20-40-39(31)37(30)23-27)22-26-16-18-35-33-13-6-5-12-32(33)34-14-7-10-28(21-26)38(34)35/h3-20,22-23,25H,21H2,1-2H3/b36-22-. The van der Waals surface area contributed by atoms with Crippen molar-refractivity contribution in [2.45, 2.75) is 26.2 Å². The fourth-order valence-electron chi connectivity index (χ4n) is 6.96. The lowest BCUT2D eigenvalue weighted by Crippen LogP contribution is -1.97. The largest absolute Gasteiger partial charge is 0.256 e. The fourth-order valence-corrected chi connectivity index (χ4v) is 6.96. The first kappa shape index (κ1) is 23.2. The summed E-state index contributed by atoms with van der Waals surface area (Å²) in [5.74, 6) is 0.367. The number of benzene rings is 4. The first-order chi connectivity index (χ1) is 19.7. The Morgan fingerprint density at radius 3 is 2.48 bits per heavy atom. The maximum absolute atomic E-state index is 4.80. The normalized spacial score (nSPS) is 16.4. The van der Waals surface area contributed by atoms with Crippen LogP contribution in [0.3, 0.4) is 0 Å². The van der Waals surface area contributed by atoms with Crippen LogP contribution in [-0.2, 0) is 6.42 Å². The van der Waals surface area contributed by atoms with Crippen LogP contribution in [0.4, 0.5) is 0 Å². The van der Waals surface area contributed by atoms with Crippen LogP contribution in [0.5, 0.6) is 0 Å². The highest BCUT2D eigenvalue weighted by Gasteiger charge is 2.28. The van der Waals surface area contributed by atoms with Gasteiger partial charge in [0.25, 0.3) is 0 Å². The quantitative estimate of drug-likeness (QED) is 0.230. The molecule has 40 heavy (non-hydrogen) atoms. The summed E-state index contributed by atoms with van der Waals surface area (Å²) in [6, 6.07) is 35.6. The van der Waals surface area contributed by atoms with Gasteiger partial charge in [-0.05, 0) is 97.8 Å². The molecule has 8 rings (SSSR count). The predicted molar refractivity (Wildman–Crippen MR) is 166 cm³/mol. The summed E-state index contributed by atoms with van der Waals surface area (Å²) in [7, 11) is 0. The third kappa shape index (κ3) is 3.44. The van der Waals surface area contributed by atoms with Crippen LogP contribution in [0.2, 0.25) is 0 Å². The van der Waals surface area contributed by atoms with Crippen LogP contribution >= 0.6 is 0 Å². The SMILES string of the molecule is Cc1ccccc1/C(=C\C1=CC=C2c3ccccc3-c3cccc(c32)C1)c1ccc2c(c1)-c1ncccc1C2C. The van der Waals surface area contributed by atoms with Crippen LogP contribution in [0, 0.1) is 6.92 Å². The Kier molecular flexibility index (Phi) is 5.15. The molecule has 1 atom stereocenters. The van der Waals surface area contributed by atoms with Gasteiger partial charge in [-0.25, -0.2) is 0 Å². The Bertz CT molecular complexity index is 1950. The molecule has 1 heterocycles. The first-order valence-electron chi connectivity index (χ1n) is 14.2. The lowest BCUT2D eigenvalue weighted by Gasteiger charge is -2.15. The van der Waals surface area contributed by atoms with Gasteiger partial charge in [0.2, 0.25) is 0 Å². The summed E-state index contributed by atoms with van der Waals surface area (Å²) in [4.78, 5) is 4.80. The number of fused-ring (bicyclic) bond motifs is 6. The molecule has 5 aromatic rings. The number of aryl methyl sites for hydroxylation is 1. The molecule has 190 valence electrons. The third-order valence-corrected chi connectivity index (χ3v) is 8.94. The van der Waals surface area contributed by atoms with E-state index >= 15 is 0 Å². The second-order valence-corrected chi connectivity index (χ2v) is 11.2. The van der Waals surface area contributed by atoms with Crippen molar-refractivity contribution >= 4 is 11.1 Å². The fraction of sp³-hybridized carbons (Fsp3) is 0.103. The van der Waals surface area contributed by atoms with Crippen molar-refractivity contribution < 1.29 is 0 Å². The maximum Gasteiger partial charge on any atom is 0.0743 e. The number of nitrogens with zero attached hydrogens (tertiary/aromatic N) is 1. The number of pyridine rings is 1. The minimum absolute atomic E-state index is 0.367. The third-order valence-electron chi connectivity index (χ3n) is 8.94. The Morgan fingerprint density at radius 1 is 0.750 bits per heavy atom. The van der Waals surface area contributed by atoms with Gasteiger partial charge in [0.05, 0.1) is 5.69 Å². The van der Waals surface area contributed by atoms with E-state index in [1.165, 1.54) is 77.9 Å². The van der Waals surface area contributed by atoms with Crippen molar-refractivity contribution in [3.8, 4) is 22.4 Å². The van der Waals surface area contributed by atoms with Gasteiger partial charge in [0.1, 0.15) is 0 Å². The lowest BCUT2D eigenvalue weighted by molar-refractivity contribution is 0.952. The van der Waals surface area contributed by atoms with Gasteiger partial charge >= 0.3 is 0 Å². The van der Waals surface area contributed by atoms with Crippen molar-refractivity contribution in [2.75, 3.05) is 0 Å². The molecule has 1 heteroatoms. The van der Waals surface area contributed by atoms with Crippen LogP contribution in [0.25, 0.3) is 33.5 Å². The second kappa shape index (κ2) is 8.89. The number of allylic oxidation sites excluding steroid dienone is 4. The van der Waals surface area contributed by atoms with E-state index in [1.807, 2.05) is 6.20 Å². The highest BCUT2D eigenvalue weighted by Crippen LogP contribution is 2.48. The average molecular weight is 512 g/mol. The zero-order valence-corrected chi connectivity index (χ0v) is 22.8. The highest BCUT2D eigenvalue weighted by atomic mass is 14.7. The summed E-state index contributed by atoms with van der Waals surface area (Å²) in [6.07, 6.45) is 9.92. The van der Waals surface area contributed by atoms with Crippen LogP contribution < -0.4 is 0 Å². The highest BCUT2D eigenvalue weighted by molar-refractivity contribution is 6.03. The van der Waals surface area contributed by atoms with Crippen molar-refractivity contribution in [3.05, 3.63) is 172 Å². The molecule has 1 nitrogen and oxygen atoms in total. The molecule has 0 fully saturated rings. The molecule has 0 N–H and O–H groups in total. The van der Waals surface area contributed by atoms with E-state index in [-0.39, 0.29) is 0 Å². The minimum Gasteiger partial charge on any atom is -0.256 e. The van der Waals surface area contributed by atoms with Crippen LogP contribution in [0.15, 0.2) is 127 Å². The topological polar surface area (TPSA) is 12.9 Å². The molecule has 0 radical (unpaired) electrons. The van der Waals surface area contributed by atoms with Crippen molar-refractivity contribution in [1.29, 1.82) is 0 Å². The number of hydrogen-bond acceptors (Lipinski definition) is 1. The Hall–Kier alpha value is -4.75. The number of hydrogen-bond donors (Lipinski definition) is 0. The molecule has 0 aliphatic heterocycles. The van der Waals surface area contributed by atoms with E-state index in [2.05, 4.69) is 129 Å². The predicted octanol–water partition coefficient (Wildman–Crippen LogP) is 9.55. The van der Waals surface area contributed by atoms with E-state index < -0.39 is 0 Å². The molecule has 4 aromatic carbocycles. The zero-order chi connectivity index (χ0) is 26.8.